The molecule has 19 heavy (non-hydrogen) atoms. The molecule has 2 heteroatoms. The number of hydrogen-bond acceptors (Lipinski definition) is 2. The molecule has 3 atom stereocenters. The Balaban J connectivity index is 2.07. The largest absolute Gasteiger partial charge is 0.377 e. The lowest BCUT2D eigenvalue weighted by Gasteiger charge is -2.38. The Hall–Kier alpha value is -0.860. The molecule has 0 aromatic carbocycles. The van der Waals surface area contributed by atoms with Crippen LogP contribution in [0.4, 0.5) is 0 Å². The molecule has 0 aliphatic heterocycles. The summed E-state index contributed by atoms with van der Waals surface area (Å²) in [4.78, 5) is 0. The van der Waals surface area contributed by atoms with Gasteiger partial charge in [-0.3, -0.25) is 0 Å². The standard InChI is InChI=1S/C17H26O2/c1-17(2,13-5-9-15(18-3)10-6-13)14-7-11-16(19-4)12-8-14/h5-7,9,11,14-16H,8,10,12H2,1-4H3/t14?,15-,16?/m1/s1. The van der Waals surface area contributed by atoms with Crippen molar-refractivity contribution in [1.29, 1.82) is 0 Å². The predicted octanol–water partition coefficient (Wildman–Crippen LogP) is 3.90. The first-order valence-electron chi connectivity index (χ1n) is 7.20. The summed E-state index contributed by atoms with van der Waals surface area (Å²) in [6.07, 6.45) is 15.2. The van der Waals surface area contributed by atoms with Gasteiger partial charge in [-0.1, -0.05) is 44.2 Å². The molecule has 0 spiro atoms. The van der Waals surface area contributed by atoms with Crippen molar-refractivity contribution in [1.82, 2.24) is 0 Å². The molecule has 0 saturated heterocycles. The summed E-state index contributed by atoms with van der Waals surface area (Å²) in [6.45, 7) is 4.69. The van der Waals surface area contributed by atoms with Crippen LogP contribution in [-0.2, 0) is 9.47 Å². The summed E-state index contributed by atoms with van der Waals surface area (Å²) >= 11 is 0. The van der Waals surface area contributed by atoms with Gasteiger partial charge in [0.1, 0.15) is 0 Å². The van der Waals surface area contributed by atoms with Crippen LogP contribution in [0.2, 0.25) is 0 Å². The summed E-state index contributed by atoms with van der Waals surface area (Å²) in [6, 6.07) is 0. The van der Waals surface area contributed by atoms with E-state index in [1.165, 1.54) is 12.0 Å². The third-order valence-electron chi connectivity index (χ3n) is 4.66. The third-order valence-corrected chi connectivity index (χ3v) is 4.66. The van der Waals surface area contributed by atoms with E-state index in [0.717, 1.165) is 12.8 Å². The Morgan fingerprint density at radius 1 is 1.00 bits per heavy atom. The Morgan fingerprint density at radius 3 is 2.21 bits per heavy atom. The first-order valence-corrected chi connectivity index (χ1v) is 7.20. The van der Waals surface area contributed by atoms with Gasteiger partial charge in [-0.2, -0.15) is 0 Å². The summed E-state index contributed by atoms with van der Waals surface area (Å²) in [5.74, 6) is 0.592. The lowest BCUT2D eigenvalue weighted by molar-refractivity contribution is 0.113. The molecule has 106 valence electrons. The molecule has 0 aromatic heterocycles. The Labute approximate surface area is 117 Å². The Kier molecular flexibility index (Phi) is 4.64. The van der Waals surface area contributed by atoms with Crippen LogP contribution in [0.1, 0.15) is 33.1 Å². The van der Waals surface area contributed by atoms with E-state index in [9.17, 15) is 0 Å². The van der Waals surface area contributed by atoms with Crippen LogP contribution in [0.15, 0.2) is 36.0 Å². The van der Waals surface area contributed by atoms with Crippen molar-refractivity contribution in [2.75, 3.05) is 14.2 Å². The predicted molar refractivity (Wildman–Crippen MR) is 79.1 cm³/mol. The van der Waals surface area contributed by atoms with Gasteiger partial charge in [0.05, 0.1) is 12.2 Å². The molecule has 0 saturated carbocycles. The van der Waals surface area contributed by atoms with Crippen molar-refractivity contribution in [3.63, 3.8) is 0 Å². The Bertz CT molecular complexity index is 390. The topological polar surface area (TPSA) is 18.5 Å². The van der Waals surface area contributed by atoms with E-state index in [1.54, 1.807) is 14.2 Å². The number of allylic oxidation sites excluding steroid dienone is 3. The van der Waals surface area contributed by atoms with Crippen molar-refractivity contribution in [3.8, 4) is 0 Å². The minimum Gasteiger partial charge on any atom is -0.377 e. The number of hydrogen-bond donors (Lipinski definition) is 0. The van der Waals surface area contributed by atoms with Crippen molar-refractivity contribution in [3.05, 3.63) is 36.0 Å². The second kappa shape index (κ2) is 6.06. The molecular weight excluding hydrogens is 236 g/mol. The van der Waals surface area contributed by atoms with Gasteiger partial charge >= 0.3 is 0 Å². The molecule has 0 heterocycles. The fourth-order valence-electron chi connectivity index (χ4n) is 3.06. The first kappa shape index (κ1) is 14.5. The van der Waals surface area contributed by atoms with Crippen LogP contribution >= 0.6 is 0 Å². The van der Waals surface area contributed by atoms with E-state index in [-0.39, 0.29) is 11.5 Å². The summed E-state index contributed by atoms with van der Waals surface area (Å²) in [5.41, 5.74) is 1.62. The fourth-order valence-corrected chi connectivity index (χ4v) is 3.06. The van der Waals surface area contributed by atoms with Crippen LogP contribution in [0.5, 0.6) is 0 Å². The molecule has 2 aliphatic carbocycles. The minimum absolute atomic E-state index is 0.185. The molecule has 2 nitrogen and oxygen atoms in total. The molecule has 2 unspecified atom stereocenters. The highest BCUT2D eigenvalue weighted by molar-refractivity contribution is 5.32. The van der Waals surface area contributed by atoms with Gasteiger partial charge in [-0.05, 0) is 36.2 Å². The van der Waals surface area contributed by atoms with Gasteiger partial charge < -0.3 is 9.47 Å². The number of ether oxygens (including phenoxy) is 2. The van der Waals surface area contributed by atoms with Gasteiger partial charge in [0.2, 0.25) is 0 Å². The average molecular weight is 262 g/mol. The van der Waals surface area contributed by atoms with E-state index in [0.29, 0.717) is 12.0 Å². The molecule has 0 radical (unpaired) electrons. The van der Waals surface area contributed by atoms with Gasteiger partial charge in [-0.15, -0.1) is 0 Å². The molecule has 0 fully saturated rings. The molecule has 2 rings (SSSR count). The van der Waals surface area contributed by atoms with E-state index in [4.69, 9.17) is 9.47 Å². The molecule has 0 aromatic rings. The molecule has 2 aliphatic rings. The maximum absolute atomic E-state index is 5.39. The monoisotopic (exact) mass is 262 g/mol. The zero-order valence-corrected chi connectivity index (χ0v) is 12.6. The van der Waals surface area contributed by atoms with Crippen LogP contribution in [0.25, 0.3) is 0 Å². The lowest BCUT2D eigenvalue weighted by atomic mass is 9.68. The van der Waals surface area contributed by atoms with Crippen LogP contribution in [0, 0.1) is 11.3 Å². The molecule has 0 bridgehead atoms. The van der Waals surface area contributed by atoms with Crippen molar-refractivity contribution < 1.29 is 9.47 Å². The lowest BCUT2D eigenvalue weighted by Crippen LogP contribution is -2.29. The summed E-state index contributed by atoms with van der Waals surface area (Å²) in [7, 11) is 3.56. The van der Waals surface area contributed by atoms with Crippen molar-refractivity contribution in [2.24, 2.45) is 11.3 Å². The summed E-state index contributed by atoms with van der Waals surface area (Å²) in [5, 5.41) is 0. The zero-order valence-electron chi connectivity index (χ0n) is 12.6. The summed E-state index contributed by atoms with van der Waals surface area (Å²) < 4.78 is 10.8. The van der Waals surface area contributed by atoms with Crippen LogP contribution in [0.3, 0.4) is 0 Å². The van der Waals surface area contributed by atoms with Gasteiger partial charge in [0, 0.05) is 14.2 Å². The van der Waals surface area contributed by atoms with Crippen molar-refractivity contribution in [2.45, 2.75) is 45.3 Å². The molecule has 0 amide bonds. The van der Waals surface area contributed by atoms with Gasteiger partial charge in [-0.25, -0.2) is 0 Å². The molecular formula is C17H26O2. The second-order valence-electron chi connectivity index (χ2n) is 6.09. The fraction of sp³-hybridized carbons (Fsp3) is 0.647. The molecule has 0 N–H and O–H groups in total. The highest BCUT2D eigenvalue weighted by Crippen LogP contribution is 2.42. The quantitative estimate of drug-likeness (QED) is 0.715. The Morgan fingerprint density at radius 2 is 1.74 bits per heavy atom. The van der Waals surface area contributed by atoms with Gasteiger partial charge in [0.15, 0.2) is 0 Å². The number of methoxy groups -OCH3 is 2. The highest BCUT2D eigenvalue weighted by Gasteiger charge is 2.33. The zero-order chi connectivity index (χ0) is 13.9. The SMILES string of the molecule is COC1C=CC(C(C)(C)C2=CC[C@H](OC)C=C2)CC1. The second-order valence-corrected chi connectivity index (χ2v) is 6.09. The van der Waals surface area contributed by atoms with E-state index in [1.807, 2.05) is 0 Å². The minimum atomic E-state index is 0.185. The number of rotatable bonds is 4. The smallest absolute Gasteiger partial charge is 0.0789 e. The van der Waals surface area contributed by atoms with Crippen LogP contribution < -0.4 is 0 Å². The first-order chi connectivity index (χ1) is 9.07. The van der Waals surface area contributed by atoms with Crippen LogP contribution in [-0.4, -0.2) is 26.4 Å². The van der Waals surface area contributed by atoms with Crippen molar-refractivity contribution >= 4 is 0 Å². The van der Waals surface area contributed by atoms with E-state index >= 15 is 0 Å². The average Bonchev–Trinajstić information content (AvgIpc) is 2.47. The maximum Gasteiger partial charge on any atom is 0.0789 e. The van der Waals surface area contributed by atoms with E-state index in [2.05, 4.69) is 44.2 Å². The maximum atomic E-state index is 5.39. The van der Waals surface area contributed by atoms with Gasteiger partial charge in [0.25, 0.3) is 0 Å². The van der Waals surface area contributed by atoms with E-state index < -0.39 is 0 Å². The normalized spacial score (nSPS) is 31.4. The highest BCUT2D eigenvalue weighted by atomic mass is 16.5. The third kappa shape index (κ3) is 3.18.